The number of benzene rings is 2. The summed E-state index contributed by atoms with van der Waals surface area (Å²) in [6.07, 6.45) is 1.41. The van der Waals surface area contributed by atoms with Crippen LogP contribution in [-0.4, -0.2) is 57.8 Å². The van der Waals surface area contributed by atoms with Gasteiger partial charge in [-0.15, -0.1) is 12.4 Å². The molecule has 6 nitrogen and oxygen atoms in total. The highest BCUT2D eigenvalue weighted by molar-refractivity contribution is 5.85. The molecule has 1 saturated heterocycles. The number of nitrogens with one attached hydrogen (secondary N) is 1. The lowest BCUT2D eigenvalue weighted by Crippen LogP contribution is -2.46. The molecule has 1 amide bonds. The first-order valence-corrected chi connectivity index (χ1v) is 10.2. The van der Waals surface area contributed by atoms with Gasteiger partial charge >= 0.3 is 0 Å². The lowest BCUT2D eigenvalue weighted by molar-refractivity contribution is -0.121. The fourth-order valence-corrected chi connectivity index (χ4v) is 3.70. The maximum Gasteiger partial charge on any atom is 0.220 e. The molecule has 0 aliphatic carbocycles. The first kappa shape index (κ1) is 23.8. The van der Waals surface area contributed by atoms with Crippen LogP contribution in [0.4, 0.5) is 5.69 Å². The van der Waals surface area contributed by atoms with E-state index in [0.29, 0.717) is 13.0 Å². The van der Waals surface area contributed by atoms with E-state index in [4.69, 9.17) is 9.47 Å². The number of methoxy groups -OCH3 is 2. The lowest BCUT2D eigenvalue weighted by atomic mass is 10.2. The van der Waals surface area contributed by atoms with E-state index in [-0.39, 0.29) is 18.3 Å². The second-order valence-corrected chi connectivity index (χ2v) is 7.19. The van der Waals surface area contributed by atoms with Gasteiger partial charge < -0.3 is 19.7 Å². The van der Waals surface area contributed by atoms with Crippen molar-refractivity contribution in [3.63, 3.8) is 0 Å². The van der Waals surface area contributed by atoms with Crippen LogP contribution in [0, 0.1) is 0 Å². The Labute approximate surface area is 185 Å². The summed E-state index contributed by atoms with van der Waals surface area (Å²) in [6.45, 7) is 5.39. The topological polar surface area (TPSA) is 54.0 Å². The van der Waals surface area contributed by atoms with Crippen molar-refractivity contribution in [2.75, 3.05) is 51.8 Å². The average Bonchev–Trinajstić information content (AvgIpc) is 2.78. The van der Waals surface area contributed by atoms with Gasteiger partial charge in [0.2, 0.25) is 5.91 Å². The van der Waals surface area contributed by atoms with Crippen LogP contribution in [0.2, 0.25) is 0 Å². The van der Waals surface area contributed by atoms with E-state index >= 15 is 0 Å². The molecule has 3 rings (SSSR count). The zero-order valence-corrected chi connectivity index (χ0v) is 18.6. The van der Waals surface area contributed by atoms with Gasteiger partial charge in [0.25, 0.3) is 0 Å². The summed E-state index contributed by atoms with van der Waals surface area (Å²) >= 11 is 0. The average molecular weight is 434 g/mol. The summed E-state index contributed by atoms with van der Waals surface area (Å²) in [6, 6.07) is 15.9. The molecular formula is C23H32ClN3O3. The van der Waals surface area contributed by atoms with Gasteiger partial charge in [0.05, 0.1) is 19.9 Å². The molecule has 1 fully saturated rings. The zero-order valence-electron chi connectivity index (χ0n) is 17.8. The largest absolute Gasteiger partial charge is 0.496 e. The van der Waals surface area contributed by atoms with Gasteiger partial charge in [-0.1, -0.05) is 30.3 Å². The van der Waals surface area contributed by atoms with Crippen LogP contribution in [0.5, 0.6) is 11.5 Å². The third kappa shape index (κ3) is 6.54. The van der Waals surface area contributed by atoms with Gasteiger partial charge in [-0.05, 0) is 31.2 Å². The quantitative estimate of drug-likeness (QED) is 0.657. The minimum absolute atomic E-state index is 0. The van der Waals surface area contributed by atoms with E-state index in [1.807, 2.05) is 42.5 Å². The fourth-order valence-electron chi connectivity index (χ4n) is 3.70. The molecule has 0 spiro atoms. The molecule has 0 atom stereocenters. The molecule has 1 aliphatic rings. The third-order valence-electron chi connectivity index (χ3n) is 5.34. The number of amides is 1. The molecule has 0 saturated carbocycles. The van der Waals surface area contributed by atoms with Crippen molar-refractivity contribution < 1.29 is 14.3 Å². The first-order chi connectivity index (χ1) is 14.2. The van der Waals surface area contributed by atoms with Crippen LogP contribution in [0.1, 0.15) is 18.4 Å². The Balaban J connectivity index is 0.00000320. The number of halogens is 1. The van der Waals surface area contributed by atoms with E-state index in [1.54, 1.807) is 14.2 Å². The number of para-hydroxylation sites is 3. The van der Waals surface area contributed by atoms with E-state index in [0.717, 1.165) is 61.9 Å². The van der Waals surface area contributed by atoms with Crippen LogP contribution in [0.3, 0.4) is 0 Å². The van der Waals surface area contributed by atoms with Crippen molar-refractivity contribution in [1.82, 2.24) is 10.2 Å². The maximum atomic E-state index is 12.2. The maximum absolute atomic E-state index is 12.2. The molecule has 0 bridgehead atoms. The van der Waals surface area contributed by atoms with Gasteiger partial charge in [0, 0.05) is 44.7 Å². The predicted octanol–water partition coefficient (Wildman–Crippen LogP) is 3.34. The molecule has 2 aromatic carbocycles. The molecule has 30 heavy (non-hydrogen) atoms. The summed E-state index contributed by atoms with van der Waals surface area (Å²) < 4.78 is 10.8. The molecular weight excluding hydrogens is 402 g/mol. The molecule has 1 aliphatic heterocycles. The van der Waals surface area contributed by atoms with Crippen LogP contribution >= 0.6 is 12.4 Å². The number of hydrogen-bond acceptors (Lipinski definition) is 5. The number of carbonyl (C=O) groups excluding carboxylic acids is 1. The highest BCUT2D eigenvalue weighted by atomic mass is 35.5. The third-order valence-corrected chi connectivity index (χ3v) is 5.34. The highest BCUT2D eigenvalue weighted by Crippen LogP contribution is 2.28. The SMILES string of the molecule is COc1ccccc1CNC(=O)CCCN1CCN(c2ccccc2OC)CC1.Cl. The molecule has 2 aromatic rings. The Morgan fingerprint density at radius 2 is 1.57 bits per heavy atom. The summed E-state index contributed by atoms with van der Waals surface area (Å²) in [4.78, 5) is 17.0. The van der Waals surface area contributed by atoms with Crippen LogP contribution in [0.25, 0.3) is 0 Å². The van der Waals surface area contributed by atoms with Gasteiger partial charge in [0.1, 0.15) is 11.5 Å². The van der Waals surface area contributed by atoms with Crippen molar-refractivity contribution in [1.29, 1.82) is 0 Å². The molecule has 1 N–H and O–H groups in total. The molecule has 164 valence electrons. The lowest BCUT2D eigenvalue weighted by Gasteiger charge is -2.36. The zero-order chi connectivity index (χ0) is 20.5. The van der Waals surface area contributed by atoms with E-state index in [2.05, 4.69) is 21.2 Å². The number of hydrogen-bond donors (Lipinski definition) is 1. The second-order valence-electron chi connectivity index (χ2n) is 7.19. The summed E-state index contributed by atoms with van der Waals surface area (Å²) in [5.41, 5.74) is 2.15. The number of anilines is 1. The Hall–Kier alpha value is -2.44. The fraction of sp³-hybridized carbons (Fsp3) is 0.435. The van der Waals surface area contributed by atoms with E-state index < -0.39 is 0 Å². The van der Waals surface area contributed by atoms with Gasteiger partial charge in [0.15, 0.2) is 0 Å². The molecule has 0 radical (unpaired) electrons. The number of piperazine rings is 1. The summed E-state index contributed by atoms with van der Waals surface area (Å²) in [5.74, 6) is 1.82. The summed E-state index contributed by atoms with van der Waals surface area (Å²) in [5, 5.41) is 2.99. The van der Waals surface area contributed by atoms with Crippen LogP contribution in [-0.2, 0) is 11.3 Å². The van der Waals surface area contributed by atoms with E-state index in [9.17, 15) is 4.79 Å². The Morgan fingerprint density at radius 1 is 0.933 bits per heavy atom. The number of ether oxygens (including phenoxy) is 2. The Bertz CT molecular complexity index is 795. The number of nitrogens with zero attached hydrogens (tertiary/aromatic N) is 2. The van der Waals surface area contributed by atoms with Gasteiger partial charge in [-0.2, -0.15) is 0 Å². The second kappa shape index (κ2) is 12.3. The van der Waals surface area contributed by atoms with Crippen molar-refractivity contribution in [3.05, 3.63) is 54.1 Å². The predicted molar refractivity (Wildman–Crippen MR) is 123 cm³/mol. The van der Waals surface area contributed by atoms with Gasteiger partial charge in [-0.25, -0.2) is 0 Å². The minimum Gasteiger partial charge on any atom is -0.496 e. The smallest absolute Gasteiger partial charge is 0.220 e. The molecule has 7 heteroatoms. The van der Waals surface area contributed by atoms with Crippen molar-refractivity contribution in [3.8, 4) is 11.5 Å². The Morgan fingerprint density at radius 3 is 2.27 bits per heavy atom. The number of carbonyl (C=O) groups is 1. The molecule has 0 aromatic heterocycles. The van der Waals surface area contributed by atoms with Crippen molar-refractivity contribution in [2.45, 2.75) is 19.4 Å². The standard InChI is InChI=1S/C23H31N3O3.ClH/c1-28-21-10-5-3-8-19(21)18-24-23(27)12-7-13-25-14-16-26(17-15-25)20-9-4-6-11-22(20)29-2;/h3-6,8-11H,7,12-18H2,1-2H3,(H,24,27);1H. The highest BCUT2D eigenvalue weighted by Gasteiger charge is 2.19. The summed E-state index contributed by atoms with van der Waals surface area (Å²) in [7, 11) is 3.36. The van der Waals surface area contributed by atoms with Crippen LogP contribution < -0.4 is 19.7 Å². The van der Waals surface area contributed by atoms with Crippen molar-refractivity contribution >= 4 is 24.0 Å². The molecule has 0 unspecified atom stereocenters. The van der Waals surface area contributed by atoms with E-state index in [1.165, 1.54) is 0 Å². The Kier molecular flexibility index (Phi) is 9.77. The normalized spacial score (nSPS) is 14.0. The first-order valence-electron chi connectivity index (χ1n) is 10.2. The minimum atomic E-state index is 0. The van der Waals surface area contributed by atoms with Crippen molar-refractivity contribution in [2.24, 2.45) is 0 Å². The monoisotopic (exact) mass is 433 g/mol. The molecule has 1 heterocycles. The van der Waals surface area contributed by atoms with Crippen LogP contribution in [0.15, 0.2) is 48.5 Å². The number of rotatable bonds is 9. The van der Waals surface area contributed by atoms with Gasteiger partial charge in [-0.3, -0.25) is 9.69 Å².